The van der Waals surface area contributed by atoms with E-state index in [1.165, 1.54) is 12.1 Å². The molecule has 0 fully saturated rings. The van der Waals surface area contributed by atoms with Gasteiger partial charge in [0.2, 0.25) is 0 Å². The fourth-order valence-corrected chi connectivity index (χ4v) is 1.33. The van der Waals surface area contributed by atoms with Crippen molar-refractivity contribution in [1.29, 1.82) is 10.5 Å². The summed E-state index contributed by atoms with van der Waals surface area (Å²) in [5.74, 6) is -0.711. The Kier molecular flexibility index (Phi) is 4.12. The fourth-order valence-electron chi connectivity index (χ4n) is 1.33. The molecule has 1 aromatic rings. The van der Waals surface area contributed by atoms with E-state index in [-0.39, 0.29) is 0 Å². The molecule has 0 aromatic heterocycles. The minimum Gasteiger partial charge on any atom is -0.197 e. The minimum absolute atomic E-state index is 0.332. The summed E-state index contributed by atoms with van der Waals surface area (Å²) in [6.07, 6.45) is -3.58. The first-order valence-electron chi connectivity index (χ1n) is 4.92. The Bertz CT molecular complexity index is 435. The Labute approximate surface area is 96.9 Å². The lowest BCUT2D eigenvalue weighted by atomic mass is 10.0. The highest BCUT2D eigenvalue weighted by Gasteiger charge is 2.29. The molecule has 0 radical (unpaired) electrons. The van der Waals surface area contributed by atoms with Crippen molar-refractivity contribution in [3.8, 4) is 12.1 Å². The molecule has 17 heavy (non-hydrogen) atoms. The van der Waals surface area contributed by atoms with Crippen LogP contribution in [0.1, 0.15) is 17.5 Å². The SMILES string of the molecule is N#CC(C#N)CCc1ccc(C(F)(F)F)cc1. The zero-order valence-electron chi connectivity index (χ0n) is 8.83. The van der Waals surface area contributed by atoms with Gasteiger partial charge in [-0.3, -0.25) is 0 Å². The smallest absolute Gasteiger partial charge is 0.197 e. The van der Waals surface area contributed by atoms with E-state index < -0.39 is 17.7 Å². The molecule has 0 unspecified atom stereocenters. The first-order chi connectivity index (χ1) is 7.97. The largest absolute Gasteiger partial charge is 0.416 e. The number of nitriles is 2. The zero-order chi connectivity index (χ0) is 12.9. The predicted molar refractivity (Wildman–Crippen MR) is 54.5 cm³/mol. The molecule has 0 spiro atoms. The molecule has 0 saturated heterocycles. The summed E-state index contributed by atoms with van der Waals surface area (Å²) in [4.78, 5) is 0. The maximum absolute atomic E-state index is 12.3. The highest BCUT2D eigenvalue weighted by Crippen LogP contribution is 2.29. The van der Waals surface area contributed by atoms with Crippen molar-refractivity contribution >= 4 is 0 Å². The third-order valence-corrected chi connectivity index (χ3v) is 2.31. The van der Waals surface area contributed by atoms with Crippen LogP contribution in [0.15, 0.2) is 24.3 Å². The van der Waals surface area contributed by atoms with Crippen LogP contribution < -0.4 is 0 Å². The summed E-state index contributed by atoms with van der Waals surface area (Å²) >= 11 is 0. The van der Waals surface area contributed by atoms with Gasteiger partial charge in [-0.1, -0.05) is 12.1 Å². The van der Waals surface area contributed by atoms with Crippen LogP contribution >= 0.6 is 0 Å². The van der Waals surface area contributed by atoms with Gasteiger partial charge in [-0.15, -0.1) is 0 Å². The van der Waals surface area contributed by atoms with Crippen molar-refractivity contribution in [1.82, 2.24) is 0 Å². The standard InChI is InChI=1S/C12H9F3N2/c13-12(14,15)11-5-3-9(4-6-11)1-2-10(7-16)8-17/h3-6,10H,1-2H2. The van der Waals surface area contributed by atoms with Crippen molar-refractivity contribution in [3.63, 3.8) is 0 Å². The second-order valence-electron chi connectivity index (χ2n) is 3.54. The zero-order valence-corrected chi connectivity index (χ0v) is 8.83. The molecule has 1 aromatic carbocycles. The lowest BCUT2D eigenvalue weighted by Gasteiger charge is -2.07. The van der Waals surface area contributed by atoms with E-state index >= 15 is 0 Å². The van der Waals surface area contributed by atoms with Gasteiger partial charge in [-0.25, -0.2) is 0 Å². The molecular weight excluding hydrogens is 229 g/mol. The molecule has 0 atom stereocenters. The van der Waals surface area contributed by atoms with Crippen molar-refractivity contribution in [3.05, 3.63) is 35.4 Å². The van der Waals surface area contributed by atoms with Gasteiger partial charge in [0.15, 0.2) is 0 Å². The Balaban J connectivity index is 2.65. The van der Waals surface area contributed by atoms with Crippen LogP contribution in [0.25, 0.3) is 0 Å². The maximum atomic E-state index is 12.3. The molecule has 0 aliphatic heterocycles. The number of hydrogen-bond acceptors (Lipinski definition) is 2. The number of nitrogens with zero attached hydrogens (tertiary/aromatic N) is 2. The van der Waals surface area contributed by atoms with E-state index in [2.05, 4.69) is 0 Å². The van der Waals surface area contributed by atoms with Crippen LogP contribution in [0, 0.1) is 28.6 Å². The highest BCUT2D eigenvalue weighted by molar-refractivity contribution is 5.25. The van der Waals surface area contributed by atoms with Crippen molar-refractivity contribution in [2.24, 2.45) is 5.92 Å². The minimum atomic E-state index is -4.33. The molecule has 5 heteroatoms. The van der Waals surface area contributed by atoms with Gasteiger partial charge in [0.1, 0.15) is 5.92 Å². The lowest BCUT2D eigenvalue weighted by molar-refractivity contribution is -0.137. The molecule has 0 aliphatic carbocycles. The van der Waals surface area contributed by atoms with Crippen LogP contribution in [0.2, 0.25) is 0 Å². The first kappa shape index (κ1) is 13.1. The van der Waals surface area contributed by atoms with Crippen molar-refractivity contribution in [2.75, 3.05) is 0 Å². The van der Waals surface area contributed by atoms with Crippen LogP contribution in [0.3, 0.4) is 0 Å². The Morgan fingerprint density at radius 3 is 2.00 bits per heavy atom. The maximum Gasteiger partial charge on any atom is 0.416 e. The van der Waals surface area contributed by atoms with Crippen LogP contribution in [-0.4, -0.2) is 0 Å². The summed E-state index contributed by atoms with van der Waals surface area (Å²) in [6, 6.07) is 8.38. The second-order valence-corrected chi connectivity index (χ2v) is 3.54. The van der Waals surface area contributed by atoms with Gasteiger partial charge in [0.05, 0.1) is 17.7 Å². The fraction of sp³-hybridized carbons (Fsp3) is 0.333. The first-order valence-corrected chi connectivity index (χ1v) is 4.92. The van der Waals surface area contributed by atoms with E-state index in [0.29, 0.717) is 18.4 Å². The van der Waals surface area contributed by atoms with Gasteiger partial charge < -0.3 is 0 Å². The summed E-state index contributed by atoms with van der Waals surface area (Å²) in [5, 5.41) is 17.1. The van der Waals surface area contributed by atoms with E-state index in [9.17, 15) is 13.2 Å². The van der Waals surface area contributed by atoms with Gasteiger partial charge >= 0.3 is 6.18 Å². The highest BCUT2D eigenvalue weighted by atomic mass is 19.4. The molecule has 88 valence electrons. The third kappa shape index (κ3) is 3.81. The Morgan fingerprint density at radius 1 is 1.06 bits per heavy atom. The monoisotopic (exact) mass is 238 g/mol. The quantitative estimate of drug-likeness (QED) is 0.811. The topological polar surface area (TPSA) is 47.6 Å². The normalized spacial score (nSPS) is 10.9. The van der Waals surface area contributed by atoms with Gasteiger partial charge in [-0.2, -0.15) is 23.7 Å². The molecule has 2 nitrogen and oxygen atoms in total. The van der Waals surface area contributed by atoms with Gasteiger partial charge in [0.25, 0.3) is 0 Å². The average molecular weight is 238 g/mol. The van der Waals surface area contributed by atoms with Gasteiger partial charge in [-0.05, 0) is 30.5 Å². The molecule has 0 N–H and O–H groups in total. The van der Waals surface area contributed by atoms with E-state index in [4.69, 9.17) is 10.5 Å². The third-order valence-electron chi connectivity index (χ3n) is 2.31. The number of rotatable bonds is 3. The number of alkyl halides is 3. The molecule has 0 aliphatic rings. The van der Waals surface area contributed by atoms with E-state index in [0.717, 1.165) is 12.1 Å². The molecule has 0 amide bonds. The van der Waals surface area contributed by atoms with Crippen molar-refractivity contribution < 1.29 is 13.2 Å². The van der Waals surface area contributed by atoms with Crippen molar-refractivity contribution in [2.45, 2.75) is 19.0 Å². The number of benzene rings is 1. The second kappa shape index (κ2) is 5.36. The molecule has 0 bridgehead atoms. The number of aryl methyl sites for hydroxylation is 1. The van der Waals surface area contributed by atoms with E-state index in [1.54, 1.807) is 0 Å². The number of halogens is 3. The Morgan fingerprint density at radius 2 is 1.59 bits per heavy atom. The Hall–Kier alpha value is -2.01. The van der Waals surface area contributed by atoms with Crippen LogP contribution in [-0.2, 0) is 12.6 Å². The molecule has 0 saturated carbocycles. The van der Waals surface area contributed by atoms with Gasteiger partial charge in [0, 0.05) is 0 Å². The summed E-state index contributed by atoms with van der Waals surface area (Å²) < 4.78 is 36.8. The van der Waals surface area contributed by atoms with Crippen LogP contribution in [0.5, 0.6) is 0 Å². The lowest BCUT2D eigenvalue weighted by Crippen LogP contribution is -2.04. The summed E-state index contributed by atoms with van der Waals surface area (Å²) in [6.45, 7) is 0. The van der Waals surface area contributed by atoms with E-state index in [1.807, 2.05) is 12.1 Å². The molecule has 0 heterocycles. The predicted octanol–water partition coefficient (Wildman–Crippen LogP) is 3.30. The summed E-state index contributed by atoms with van der Waals surface area (Å²) in [5.41, 5.74) is -0.00753. The molecular formula is C12H9F3N2. The number of hydrogen-bond donors (Lipinski definition) is 0. The van der Waals surface area contributed by atoms with Crippen LogP contribution in [0.4, 0.5) is 13.2 Å². The summed E-state index contributed by atoms with van der Waals surface area (Å²) in [7, 11) is 0. The average Bonchev–Trinajstić information content (AvgIpc) is 2.30. The molecule has 1 rings (SSSR count).